The Morgan fingerprint density at radius 1 is 1.39 bits per heavy atom. The summed E-state index contributed by atoms with van der Waals surface area (Å²) in [6, 6.07) is -0.114. The molecule has 0 radical (unpaired) electrons. The van der Waals surface area contributed by atoms with Crippen molar-refractivity contribution in [2.24, 2.45) is 11.3 Å². The van der Waals surface area contributed by atoms with E-state index in [0.717, 1.165) is 32.4 Å². The van der Waals surface area contributed by atoms with Crippen LogP contribution in [0.3, 0.4) is 0 Å². The normalized spacial score (nSPS) is 18.9. The molecule has 1 saturated heterocycles. The fraction of sp³-hybridized carbons (Fsp3) is 0.923. The van der Waals surface area contributed by atoms with Gasteiger partial charge in [0.05, 0.1) is 12.6 Å². The highest BCUT2D eigenvalue weighted by Gasteiger charge is 2.25. The third-order valence-corrected chi connectivity index (χ3v) is 3.14. The molecule has 0 aromatic carbocycles. The Kier molecular flexibility index (Phi) is 7.83. The van der Waals surface area contributed by atoms with Crippen molar-refractivity contribution in [3.8, 4) is 0 Å². The molecule has 5 heteroatoms. The number of rotatable bonds is 4. The minimum absolute atomic E-state index is 0. The second-order valence-corrected chi connectivity index (χ2v) is 6.18. The van der Waals surface area contributed by atoms with Gasteiger partial charge in [0.25, 0.3) is 0 Å². The van der Waals surface area contributed by atoms with E-state index in [4.69, 9.17) is 0 Å². The maximum absolute atomic E-state index is 12.0. The first-order valence-electron chi connectivity index (χ1n) is 6.54. The van der Waals surface area contributed by atoms with Gasteiger partial charge in [0.2, 0.25) is 5.91 Å². The van der Waals surface area contributed by atoms with Crippen LogP contribution in [0.25, 0.3) is 0 Å². The predicted molar refractivity (Wildman–Crippen MR) is 75.9 cm³/mol. The Morgan fingerprint density at radius 3 is 2.39 bits per heavy atom. The molecule has 0 aliphatic carbocycles. The molecule has 1 amide bonds. The van der Waals surface area contributed by atoms with Crippen LogP contribution in [0.15, 0.2) is 0 Å². The molecule has 3 N–H and O–H groups in total. The maximum atomic E-state index is 12.0. The first kappa shape index (κ1) is 17.7. The molecular weight excluding hydrogens is 252 g/mol. The average molecular weight is 279 g/mol. The quantitative estimate of drug-likeness (QED) is 0.727. The Balaban J connectivity index is 0.00000289. The summed E-state index contributed by atoms with van der Waals surface area (Å²) in [6.07, 6.45) is 2.61. The molecule has 4 nitrogen and oxygen atoms in total. The topological polar surface area (TPSA) is 61.4 Å². The summed E-state index contributed by atoms with van der Waals surface area (Å²) in [5.74, 6) is 0.222. The Labute approximate surface area is 116 Å². The summed E-state index contributed by atoms with van der Waals surface area (Å²) in [5, 5.41) is 15.5. The zero-order chi connectivity index (χ0) is 12.9. The fourth-order valence-corrected chi connectivity index (χ4v) is 2.30. The molecule has 18 heavy (non-hydrogen) atoms. The van der Waals surface area contributed by atoms with Gasteiger partial charge in [-0.25, -0.2) is 0 Å². The van der Waals surface area contributed by atoms with Crippen LogP contribution in [0.5, 0.6) is 0 Å². The van der Waals surface area contributed by atoms with E-state index in [1.165, 1.54) is 0 Å². The zero-order valence-corrected chi connectivity index (χ0v) is 12.5. The molecule has 0 bridgehead atoms. The monoisotopic (exact) mass is 278 g/mol. The zero-order valence-electron chi connectivity index (χ0n) is 11.7. The largest absolute Gasteiger partial charge is 0.394 e. The van der Waals surface area contributed by atoms with Crippen LogP contribution in [0, 0.1) is 11.3 Å². The lowest BCUT2D eigenvalue weighted by Crippen LogP contribution is -2.45. The molecule has 0 saturated carbocycles. The number of nitrogens with one attached hydrogen (secondary N) is 2. The van der Waals surface area contributed by atoms with Crippen molar-refractivity contribution in [2.45, 2.75) is 46.1 Å². The number of amides is 1. The highest BCUT2D eigenvalue weighted by Crippen LogP contribution is 2.21. The van der Waals surface area contributed by atoms with Gasteiger partial charge in [0.1, 0.15) is 0 Å². The predicted octanol–water partition coefficient (Wildman–Crippen LogP) is 1.32. The first-order valence-corrected chi connectivity index (χ1v) is 6.54. The molecule has 1 fully saturated rings. The minimum atomic E-state index is -0.114. The van der Waals surface area contributed by atoms with Crippen molar-refractivity contribution in [1.82, 2.24) is 10.6 Å². The Morgan fingerprint density at radius 2 is 1.94 bits per heavy atom. The van der Waals surface area contributed by atoms with Crippen molar-refractivity contribution >= 4 is 18.3 Å². The van der Waals surface area contributed by atoms with E-state index < -0.39 is 0 Å². The first-order chi connectivity index (χ1) is 7.92. The summed E-state index contributed by atoms with van der Waals surface area (Å²) < 4.78 is 0. The van der Waals surface area contributed by atoms with Gasteiger partial charge < -0.3 is 15.7 Å². The molecule has 1 aliphatic rings. The Bertz CT molecular complexity index is 248. The lowest BCUT2D eigenvalue weighted by Gasteiger charge is -2.28. The van der Waals surface area contributed by atoms with Crippen LogP contribution in [-0.4, -0.2) is 36.8 Å². The van der Waals surface area contributed by atoms with E-state index in [1.54, 1.807) is 0 Å². The molecule has 1 heterocycles. The second kappa shape index (κ2) is 7.97. The molecular formula is C13H27ClN2O2. The fourth-order valence-electron chi connectivity index (χ4n) is 2.30. The lowest BCUT2D eigenvalue weighted by atomic mass is 9.88. The van der Waals surface area contributed by atoms with Gasteiger partial charge >= 0.3 is 0 Å². The molecule has 0 aromatic heterocycles. The number of aliphatic hydroxyl groups excluding tert-OH is 1. The molecule has 1 atom stereocenters. The van der Waals surface area contributed by atoms with Crippen molar-refractivity contribution in [2.75, 3.05) is 19.7 Å². The van der Waals surface area contributed by atoms with Crippen LogP contribution in [0.2, 0.25) is 0 Å². The minimum Gasteiger partial charge on any atom is -0.394 e. The second-order valence-electron chi connectivity index (χ2n) is 6.18. The summed E-state index contributed by atoms with van der Waals surface area (Å²) in [4.78, 5) is 12.0. The van der Waals surface area contributed by atoms with E-state index in [-0.39, 0.29) is 42.3 Å². The standard InChI is InChI=1S/C13H26N2O2.ClH/c1-13(2,3)8-11(9-16)15-12(17)10-4-6-14-7-5-10;/h10-11,14,16H,4-9H2,1-3H3,(H,15,17);1H. The summed E-state index contributed by atoms with van der Waals surface area (Å²) >= 11 is 0. The van der Waals surface area contributed by atoms with Crippen LogP contribution >= 0.6 is 12.4 Å². The van der Waals surface area contributed by atoms with Gasteiger partial charge in [-0.3, -0.25) is 4.79 Å². The van der Waals surface area contributed by atoms with Crippen molar-refractivity contribution in [3.63, 3.8) is 0 Å². The van der Waals surface area contributed by atoms with Gasteiger partial charge in [0, 0.05) is 5.92 Å². The smallest absolute Gasteiger partial charge is 0.223 e. The number of hydrogen-bond donors (Lipinski definition) is 3. The van der Waals surface area contributed by atoms with Gasteiger partial charge in [-0.15, -0.1) is 12.4 Å². The van der Waals surface area contributed by atoms with Gasteiger partial charge in [0.15, 0.2) is 0 Å². The van der Waals surface area contributed by atoms with Crippen LogP contribution < -0.4 is 10.6 Å². The summed E-state index contributed by atoms with van der Waals surface area (Å²) in [7, 11) is 0. The summed E-state index contributed by atoms with van der Waals surface area (Å²) in [5.41, 5.74) is 0.120. The van der Waals surface area contributed by atoms with Crippen molar-refractivity contribution < 1.29 is 9.90 Å². The van der Waals surface area contributed by atoms with E-state index >= 15 is 0 Å². The van der Waals surface area contributed by atoms with Crippen molar-refractivity contribution in [3.05, 3.63) is 0 Å². The SMILES string of the molecule is CC(C)(C)CC(CO)NC(=O)C1CCNCC1.Cl. The molecule has 1 aliphatic heterocycles. The summed E-state index contributed by atoms with van der Waals surface area (Å²) in [6.45, 7) is 8.21. The van der Waals surface area contributed by atoms with E-state index in [1.807, 2.05) is 0 Å². The number of carbonyl (C=O) groups is 1. The highest BCUT2D eigenvalue weighted by molar-refractivity contribution is 5.85. The van der Waals surface area contributed by atoms with Crippen LogP contribution in [-0.2, 0) is 4.79 Å². The Hall–Kier alpha value is -0.320. The molecule has 1 rings (SSSR count). The van der Waals surface area contributed by atoms with Gasteiger partial charge in [-0.05, 0) is 37.8 Å². The van der Waals surface area contributed by atoms with Crippen molar-refractivity contribution in [1.29, 1.82) is 0 Å². The van der Waals surface area contributed by atoms with Crippen LogP contribution in [0.1, 0.15) is 40.0 Å². The number of piperidine rings is 1. The van der Waals surface area contributed by atoms with Crippen LogP contribution in [0.4, 0.5) is 0 Å². The maximum Gasteiger partial charge on any atom is 0.223 e. The van der Waals surface area contributed by atoms with Gasteiger partial charge in [-0.2, -0.15) is 0 Å². The van der Waals surface area contributed by atoms with E-state index in [9.17, 15) is 9.90 Å². The van der Waals surface area contributed by atoms with E-state index in [0.29, 0.717) is 0 Å². The molecule has 1 unspecified atom stereocenters. The number of aliphatic hydroxyl groups is 1. The lowest BCUT2D eigenvalue weighted by molar-refractivity contribution is -0.127. The number of carbonyl (C=O) groups excluding carboxylic acids is 1. The van der Waals surface area contributed by atoms with Gasteiger partial charge in [-0.1, -0.05) is 20.8 Å². The molecule has 0 aromatic rings. The van der Waals surface area contributed by atoms with E-state index in [2.05, 4.69) is 31.4 Å². The highest BCUT2D eigenvalue weighted by atomic mass is 35.5. The number of hydrogen-bond acceptors (Lipinski definition) is 3. The number of halogens is 1. The molecule has 108 valence electrons. The third kappa shape index (κ3) is 6.57. The average Bonchev–Trinajstić information content (AvgIpc) is 2.27. The third-order valence-electron chi connectivity index (χ3n) is 3.14. The molecule has 0 spiro atoms.